The SMILES string of the molecule is Cc1cccc2c1N(C1CCN(S(=O)(=O)c3c(C)oc(C)c3C(=O)O)CC1)C(=O)OC2. The number of carboxylic acids is 1. The summed E-state index contributed by atoms with van der Waals surface area (Å²) in [5.41, 5.74) is 2.38. The van der Waals surface area contributed by atoms with Gasteiger partial charge in [-0.1, -0.05) is 18.2 Å². The molecule has 0 saturated carbocycles. The highest BCUT2D eigenvalue weighted by Gasteiger charge is 2.40. The predicted octanol–water partition coefficient (Wildman–Crippen LogP) is 3.21. The second-order valence-electron chi connectivity index (χ2n) is 7.87. The number of para-hydroxylation sites is 1. The molecule has 0 bridgehead atoms. The van der Waals surface area contributed by atoms with E-state index in [1.165, 1.54) is 18.2 Å². The Morgan fingerprint density at radius 2 is 1.81 bits per heavy atom. The molecule has 0 unspecified atom stereocenters. The van der Waals surface area contributed by atoms with Crippen LogP contribution in [0.15, 0.2) is 27.5 Å². The third-order valence-corrected chi connectivity index (χ3v) is 7.97. The standard InChI is InChI=1S/C21H24N2O7S/c1-12-5-4-6-15-11-29-21(26)23(18(12)15)16-7-9-22(10-8-16)31(27,28)19-14(3)30-13(2)17(19)20(24)25/h4-6,16H,7-11H2,1-3H3,(H,24,25). The molecule has 3 heterocycles. The molecule has 10 heteroatoms. The first-order valence-corrected chi connectivity index (χ1v) is 11.4. The van der Waals surface area contributed by atoms with Crippen LogP contribution in [0.2, 0.25) is 0 Å². The number of anilines is 1. The van der Waals surface area contributed by atoms with Crippen molar-refractivity contribution in [1.82, 2.24) is 4.31 Å². The number of fused-ring (bicyclic) bond motifs is 1. The summed E-state index contributed by atoms with van der Waals surface area (Å²) >= 11 is 0. The predicted molar refractivity (Wildman–Crippen MR) is 111 cm³/mol. The minimum Gasteiger partial charge on any atom is -0.478 e. The number of piperidine rings is 1. The summed E-state index contributed by atoms with van der Waals surface area (Å²) in [5, 5.41) is 9.48. The van der Waals surface area contributed by atoms with E-state index in [2.05, 4.69) is 0 Å². The van der Waals surface area contributed by atoms with Gasteiger partial charge < -0.3 is 14.3 Å². The molecule has 0 atom stereocenters. The number of carbonyl (C=O) groups is 2. The lowest BCUT2D eigenvalue weighted by Crippen LogP contribution is -2.50. The highest BCUT2D eigenvalue weighted by atomic mass is 32.2. The van der Waals surface area contributed by atoms with Crippen LogP contribution in [0.3, 0.4) is 0 Å². The Labute approximate surface area is 180 Å². The van der Waals surface area contributed by atoms with E-state index in [-0.39, 0.29) is 47.7 Å². The average molecular weight is 448 g/mol. The van der Waals surface area contributed by atoms with Crippen molar-refractivity contribution >= 4 is 27.8 Å². The molecule has 166 valence electrons. The number of sulfonamides is 1. The van der Waals surface area contributed by atoms with E-state index < -0.39 is 22.1 Å². The number of nitrogens with zero attached hydrogens (tertiary/aromatic N) is 2. The van der Waals surface area contributed by atoms with Crippen molar-refractivity contribution in [3.05, 3.63) is 46.4 Å². The van der Waals surface area contributed by atoms with Gasteiger partial charge in [-0.15, -0.1) is 0 Å². The van der Waals surface area contributed by atoms with Crippen molar-refractivity contribution in [2.75, 3.05) is 18.0 Å². The summed E-state index contributed by atoms with van der Waals surface area (Å²) in [5.74, 6) is -1.23. The van der Waals surface area contributed by atoms with E-state index in [1.807, 2.05) is 25.1 Å². The number of furan rings is 1. The number of hydrogen-bond donors (Lipinski definition) is 1. The molecule has 0 radical (unpaired) electrons. The molecule has 2 aliphatic heterocycles. The van der Waals surface area contributed by atoms with E-state index in [0.717, 1.165) is 16.8 Å². The maximum atomic E-state index is 13.2. The van der Waals surface area contributed by atoms with Crippen LogP contribution >= 0.6 is 0 Å². The summed E-state index contributed by atoms with van der Waals surface area (Å²) < 4.78 is 38.4. The third kappa shape index (κ3) is 3.49. The molecule has 1 aromatic carbocycles. The van der Waals surface area contributed by atoms with Gasteiger partial charge in [0.2, 0.25) is 10.0 Å². The molecule has 2 aromatic rings. The first-order chi connectivity index (χ1) is 14.6. The van der Waals surface area contributed by atoms with Gasteiger partial charge in [0.05, 0.1) is 5.69 Å². The van der Waals surface area contributed by atoms with Crippen LogP contribution in [-0.2, 0) is 21.4 Å². The Kier molecular flexibility index (Phi) is 5.30. The maximum absolute atomic E-state index is 13.2. The quantitative estimate of drug-likeness (QED) is 0.763. The monoisotopic (exact) mass is 448 g/mol. The van der Waals surface area contributed by atoms with Gasteiger partial charge in [0.1, 0.15) is 28.6 Å². The highest BCUT2D eigenvalue weighted by molar-refractivity contribution is 7.89. The molecule has 1 fully saturated rings. The van der Waals surface area contributed by atoms with Crippen LogP contribution in [0.1, 0.15) is 45.8 Å². The number of carboxylic acid groups (broad SMARTS) is 1. The van der Waals surface area contributed by atoms with Crippen molar-refractivity contribution in [3.8, 4) is 0 Å². The zero-order chi connectivity index (χ0) is 22.5. The minimum atomic E-state index is -4.06. The Hall–Kier alpha value is -2.85. The Morgan fingerprint density at radius 1 is 1.13 bits per heavy atom. The van der Waals surface area contributed by atoms with Crippen molar-refractivity contribution in [1.29, 1.82) is 0 Å². The van der Waals surface area contributed by atoms with Crippen LogP contribution in [0, 0.1) is 20.8 Å². The number of aromatic carboxylic acids is 1. The zero-order valence-corrected chi connectivity index (χ0v) is 18.4. The fourth-order valence-corrected chi connectivity index (χ4v) is 6.35. The molecule has 4 rings (SSSR count). The number of rotatable bonds is 4. The van der Waals surface area contributed by atoms with Gasteiger partial charge in [0, 0.05) is 24.7 Å². The van der Waals surface area contributed by atoms with Gasteiger partial charge in [-0.25, -0.2) is 18.0 Å². The first-order valence-electron chi connectivity index (χ1n) is 10.0. The lowest BCUT2D eigenvalue weighted by molar-refractivity contribution is 0.0691. The zero-order valence-electron chi connectivity index (χ0n) is 17.5. The fraction of sp³-hybridized carbons (Fsp3) is 0.429. The van der Waals surface area contributed by atoms with Gasteiger partial charge in [-0.05, 0) is 39.2 Å². The highest BCUT2D eigenvalue weighted by Crippen LogP contribution is 2.36. The van der Waals surface area contributed by atoms with Crippen LogP contribution in [0.5, 0.6) is 0 Å². The van der Waals surface area contributed by atoms with Crippen LogP contribution < -0.4 is 4.90 Å². The minimum absolute atomic E-state index is 0.0567. The number of hydrogen-bond acceptors (Lipinski definition) is 6. The van der Waals surface area contributed by atoms with Crippen molar-refractivity contribution < 1.29 is 32.3 Å². The summed E-state index contributed by atoms with van der Waals surface area (Å²) in [6, 6.07) is 5.54. The first kappa shape index (κ1) is 21.4. The topological polar surface area (TPSA) is 117 Å². The number of aryl methyl sites for hydroxylation is 3. The number of cyclic esters (lactones) is 1. The van der Waals surface area contributed by atoms with Gasteiger partial charge in [-0.3, -0.25) is 4.90 Å². The van der Waals surface area contributed by atoms with Gasteiger partial charge in [0.25, 0.3) is 0 Å². The van der Waals surface area contributed by atoms with Crippen LogP contribution in [0.25, 0.3) is 0 Å². The lowest BCUT2D eigenvalue weighted by Gasteiger charge is -2.40. The number of benzene rings is 1. The summed E-state index contributed by atoms with van der Waals surface area (Å²) in [7, 11) is -4.06. The lowest BCUT2D eigenvalue weighted by atomic mass is 10.00. The van der Waals surface area contributed by atoms with Crippen LogP contribution in [0.4, 0.5) is 10.5 Å². The largest absolute Gasteiger partial charge is 0.478 e. The van der Waals surface area contributed by atoms with E-state index in [1.54, 1.807) is 4.90 Å². The molecule has 31 heavy (non-hydrogen) atoms. The van der Waals surface area contributed by atoms with Crippen molar-refractivity contribution in [2.24, 2.45) is 0 Å². The summed E-state index contributed by atoms with van der Waals surface area (Å²) in [6.07, 6.45) is 0.374. The molecule has 1 saturated heterocycles. The second kappa shape index (κ2) is 7.69. The van der Waals surface area contributed by atoms with Crippen molar-refractivity contribution in [2.45, 2.75) is 51.2 Å². The van der Waals surface area contributed by atoms with Gasteiger partial charge in [0.15, 0.2) is 0 Å². The molecule has 1 N–H and O–H groups in total. The van der Waals surface area contributed by atoms with E-state index in [0.29, 0.717) is 12.8 Å². The number of ether oxygens (including phenoxy) is 1. The Morgan fingerprint density at radius 3 is 2.45 bits per heavy atom. The smallest absolute Gasteiger partial charge is 0.414 e. The fourth-order valence-electron chi connectivity index (χ4n) is 4.50. The molecule has 0 aliphatic carbocycles. The van der Waals surface area contributed by atoms with Crippen LogP contribution in [-0.4, -0.2) is 49.0 Å². The average Bonchev–Trinajstić information content (AvgIpc) is 3.03. The molecular formula is C21H24N2O7S. The second-order valence-corrected chi connectivity index (χ2v) is 9.74. The summed E-state index contributed by atoms with van der Waals surface area (Å²) in [6.45, 7) is 5.34. The normalized spacial score (nSPS) is 18.0. The maximum Gasteiger partial charge on any atom is 0.414 e. The summed E-state index contributed by atoms with van der Waals surface area (Å²) in [4.78, 5) is 25.5. The molecule has 0 spiro atoms. The van der Waals surface area contributed by atoms with Crippen molar-refractivity contribution in [3.63, 3.8) is 0 Å². The Balaban J connectivity index is 1.59. The third-order valence-electron chi connectivity index (χ3n) is 5.92. The molecule has 1 amide bonds. The number of amides is 1. The molecule has 1 aromatic heterocycles. The van der Waals surface area contributed by atoms with E-state index in [4.69, 9.17) is 9.15 Å². The molecular weight excluding hydrogens is 424 g/mol. The van der Waals surface area contributed by atoms with E-state index >= 15 is 0 Å². The Bertz CT molecular complexity index is 1160. The van der Waals surface area contributed by atoms with Gasteiger partial charge >= 0.3 is 12.1 Å². The molecule has 2 aliphatic rings. The number of carbonyl (C=O) groups excluding carboxylic acids is 1. The van der Waals surface area contributed by atoms with E-state index in [9.17, 15) is 23.1 Å². The molecule has 9 nitrogen and oxygen atoms in total. The van der Waals surface area contributed by atoms with Gasteiger partial charge in [-0.2, -0.15) is 4.31 Å².